The quantitative estimate of drug-likeness (QED) is 0.476. The lowest BCUT2D eigenvalue weighted by Gasteiger charge is -2.38. The van der Waals surface area contributed by atoms with Crippen molar-refractivity contribution >= 4 is 11.9 Å². The van der Waals surface area contributed by atoms with Gasteiger partial charge in [0.25, 0.3) is 0 Å². The zero-order valence-corrected chi connectivity index (χ0v) is 21.5. The number of ether oxygens (including phenoxy) is 2. The van der Waals surface area contributed by atoms with Gasteiger partial charge in [-0.1, -0.05) is 30.3 Å². The molecule has 3 heterocycles. The average Bonchev–Trinajstić information content (AvgIpc) is 3.28. The van der Waals surface area contributed by atoms with Crippen LogP contribution in [0.4, 0.5) is 26.3 Å². The lowest BCUT2D eigenvalue weighted by atomic mass is 9.87. The Balaban J connectivity index is 0.000000333. The number of halogens is 6. The van der Waals surface area contributed by atoms with Crippen molar-refractivity contribution in [2.75, 3.05) is 19.7 Å². The van der Waals surface area contributed by atoms with Gasteiger partial charge in [0.05, 0.1) is 30.6 Å². The summed E-state index contributed by atoms with van der Waals surface area (Å²) >= 11 is 0. The van der Waals surface area contributed by atoms with E-state index in [-0.39, 0.29) is 11.7 Å². The van der Waals surface area contributed by atoms with E-state index in [1.165, 1.54) is 11.1 Å². The predicted molar refractivity (Wildman–Crippen MR) is 129 cm³/mol. The van der Waals surface area contributed by atoms with Gasteiger partial charge in [0.2, 0.25) is 0 Å². The minimum atomic E-state index is -5.08. The number of aryl methyl sites for hydroxylation is 1. The minimum absolute atomic E-state index is 0.0248. The van der Waals surface area contributed by atoms with E-state index < -0.39 is 24.3 Å². The number of benzene rings is 1. The molecular weight excluding hydrogens is 550 g/mol. The van der Waals surface area contributed by atoms with Crippen molar-refractivity contribution in [2.45, 2.75) is 63.4 Å². The normalized spacial score (nSPS) is 18.7. The predicted octanol–water partition coefficient (Wildman–Crippen LogP) is 5.00. The maximum Gasteiger partial charge on any atom is 0.490 e. The van der Waals surface area contributed by atoms with E-state index >= 15 is 0 Å². The molecule has 0 saturated carbocycles. The van der Waals surface area contributed by atoms with Crippen LogP contribution in [0, 0.1) is 6.92 Å². The molecule has 2 aliphatic rings. The van der Waals surface area contributed by atoms with Crippen molar-refractivity contribution in [3.05, 3.63) is 65.5 Å². The highest BCUT2D eigenvalue weighted by atomic mass is 19.4. The Hall–Kier alpha value is -3.23. The number of carboxylic acids is 2. The molecule has 2 aliphatic heterocycles. The molecule has 8 nitrogen and oxygen atoms in total. The van der Waals surface area contributed by atoms with Gasteiger partial charge in [-0.3, -0.25) is 9.88 Å². The van der Waals surface area contributed by atoms with Crippen molar-refractivity contribution in [1.29, 1.82) is 0 Å². The molecule has 0 bridgehead atoms. The first-order chi connectivity index (χ1) is 18.6. The van der Waals surface area contributed by atoms with Gasteiger partial charge in [-0.15, -0.1) is 0 Å². The van der Waals surface area contributed by atoms with Gasteiger partial charge in [0.15, 0.2) is 0 Å². The zero-order chi connectivity index (χ0) is 30.0. The highest BCUT2D eigenvalue weighted by Crippen LogP contribution is 2.37. The Morgan fingerprint density at radius 1 is 1.00 bits per heavy atom. The van der Waals surface area contributed by atoms with E-state index in [9.17, 15) is 26.3 Å². The SMILES string of the molecule is Cc1ccccc1CN1CCC2(CC1)CC(OCc1ccccn1)CO2.O=C(O)C(F)(F)F.O=C(O)C(F)(F)F. The second-order valence-corrected chi connectivity index (χ2v) is 9.26. The van der Waals surface area contributed by atoms with E-state index in [1.807, 2.05) is 24.4 Å². The van der Waals surface area contributed by atoms with Crippen molar-refractivity contribution in [2.24, 2.45) is 0 Å². The topological polar surface area (TPSA) is 109 Å². The van der Waals surface area contributed by atoms with Gasteiger partial charge in [-0.2, -0.15) is 26.3 Å². The van der Waals surface area contributed by atoms with Gasteiger partial charge < -0.3 is 19.7 Å². The maximum atomic E-state index is 10.6. The number of piperidine rings is 1. The molecule has 40 heavy (non-hydrogen) atoms. The van der Waals surface area contributed by atoms with Crippen molar-refractivity contribution in [3.8, 4) is 0 Å². The van der Waals surface area contributed by atoms with Gasteiger partial charge in [0.1, 0.15) is 0 Å². The Bertz CT molecular complexity index is 1070. The number of hydrogen-bond acceptors (Lipinski definition) is 6. The molecule has 0 aliphatic carbocycles. The van der Waals surface area contributed by atoms with Crippen LogP contribution in [0.15, 0.2) is 48.7 Å². The summed E-state index contributed by atoms with van der Waals surface area (Å²) in [6, 6.07) is 14.6. The van der Waals surface area contributed by atoms with Crippen molar-refractivity contribution in [3.63, 3.8) is 0 Å². The van der Waals surface area contributed by atoms with Gasteiger partial charge in [-0.05, 0) is 43.0 Å². The van der Waals surface area contributed by atoms with Crippen LogP contribution in [0.5, 0.6) is 0 Å². The van der Waals surface area contributed by atoms with Crippen molar-refractivity contribution < 1.29 is 55.6 Å². The van der Waals surface area contributed by atoms with Crippen LogP contribution in [0.2, 0.25) is 0 Å². The van der Waals surface area contributed by atoms with E-state index in [4.69, 9.17) is 29.3 Å². The summed E-state index contributed by atoms with van der Waals surface area (Å²) in [5.41, 5.74) is 3.83. The Labute approximate surface area is 226 Å². The summed E-state index contributed by atoms with van der Waals surface area (Å²) in [5.74, 6) is -5.51. The monoisotopic (exact) mass is 580 g/mol. The molecule has 0 radical (unpaired) electrons. The first-order valence-electron chi connectivity index (χ1n) is 12.1. The van der Waals surface area contributed by atoms with Crippen LogP contribution >= 0.6 is 0 Å². The molecule has 1 aromatic heterocycles. The smallest absolute Gasteiger partial charge is 0.475 e. The highest BCUT2D eigenvalue weighted by molar-refractivity contribution is 5.73. The molecule has 1 atom stereocenters. The molecule has 1 aromatic carbocycles. The van der Waals surface area contributed by atoms with Gasteiger partial charge >= 0.3 is 24.3 Å². The fourth-order valence-electron chi connectivity index (χ4n) is 4.09. The first-order valence-corrected chi connectivity index (χ1v) is 12.1. The number of nitrogens with zero attached hydrogens (tertiary/aromatic N) is 2. The largest absolute Gasteiger partial charge is 0.490 e. The van der Waals surface area contributed by atoms with Gasteiger partial charge in [0, 0.05) is 32.3 Å². The second kappa shape index (κ2) is 14.4. The molecule has 14 heteroatoms. The molecule has 1 unspecified atom stereocenters. The third-order valence-corrected chi connectivity index (χ3v) is 6.28. The number of rotatable bonds is 5. The van der Waals surface area contributed by atoms with Crippen LogP contribution < -0.4 is 0 Å². The number of pyridine rings is 1. The fourth-order valence-corrected chi connectivity index (χ4v) is 4.09. The minimum Gasteiger partial charge on any atom is -0.475 e. The Morgan fingerprint density at radius 2 is 1.55 bits per heavy atom. The third-order valence-electron chi connectivity index (χ3n) is 6.28. The maximum absolute atomic E-state index is 10.6. The molecule has 222 valence electrons. The summed E-state index contributed by atoms with van der Waals surface area (Å²) in [4.78, 5) is 24.7. The molecule has 2 aromatic rings. The van der Waals surface area contributed by atoms with E-state index in [1.54, 1.807) is 0 Å². The molecule has 2 N–H and O–H groups in total. The highest BCUT2D eigenvalue weighted by Gasteiger charge is 2.43. The first kappa shape index (κ1) is 33.0. The number of likely N-dealkylation sites (tertiary alicyclic amines) is 1. The molecular formula is C26H30F6N2O6. The van der Waals surface area contributed by atoms with Crippen molar-refractivity contribution in [1.82, 2.24) is 9.88 Å². The number of carboxylic acid groups (broad SMARTS) is 2. The van der Waals surface area contributed by atoms with Crippen LogP contribution in [0.3, 0.4) is 0 Å². The number of aromatic nitrogens is 1. The van der Waals surface area contributed by atoms with E-state index in [0.29, 0.717) is 13.2 Å². The molecule has 4 rings (SSSR count). The summed E-state index contributed by atoms with van der Waals surface area (Å²) < 4.78 is 75.8. The third kappa shape index (κ3) is 11.1. The van der Waals surface area contributed by atoms with Crippen LogP contribution in [0.25, 0.3) is 0 Å². The summed E-state index contributed by atoms with van der Waals surface area (Å²) in [6.07, 6.45) is -4.95. The number of hydrogen-bond donors (Lipinski definition) is 2. The summed E-state index contributed by atoms with van der Waals surface area (Å²) in [5, 5.41) is 14.2. The van der Waals surface area contributed by atoms with Crippen LogP contribution in [-0.4, -0.2) is 75.8 Å². The lowest BCUT2D eigenvalue weighted by molar-refractivity contribution is -0.193. The fraction of sp³-hybridized carbons (Fsp3) is 0.500. The lowest BCUT2D eigenvalue weighted by Crippen LogP contribution is -2.44. The van der Waals surface area contributed by atoms with Crippen LogP contribution in [0.1, 0.15) is 36.1 Å². The Kier molecular flexibility index (Phi) is 11.9. The summed E-state index contributed by atoms with van der Waals surface area (Å²) in [6.45, 7) is 6.73. The van der Waals surface area contributed by atoms with Gasteiger partial charge in [-0.25, -0.2) is 9.59 Å². The molecule has 2 saturated heterocycles. The van der Waals surface area contributed by atoms with E-state index in [0.717, 1.165) is 44.6 Å². The molecule has 1 spiro atoms. The molecule has 2 fully saturated rings. The standard InChI is InChI=1S/C22H28N2O2.2C2HF3O2/c1-18-6-2-3-7-19(18)15-24-12-9-22(10-13-24)14-21(17-26-22)25-16-20-8-4-5-11-23-20;2*3-2(4,5)1(6)7/h2-8,11,21H,9-10,12-17H2,1H3;2*(H,6,7). The zero-order valence-electron chi connectivity index (χ0n) is 21.5. The van der Waals surface area contributed by atoms with Crippen LogP contribution in [-0.2, 0) is 32.2 Å². The molecule has 0 amide bonds. The average molecular weight is 581 g/mol. The van der Waals surface area contributed by atoms with E-state index in [2.05, 4.69) is 41.1 Å². The Morgan fingerprint density at radius 3 is 2.05 bits per heavy atom. The number of carbonyl (C=O) groups is 2. The number of aliphatic carboxylic acids is 2. The second-order valence-electron chi connectivity index (χ2n) is 9.26. The number of alkyl halides is 6. The summed E-state index contributed by atoms with van der Waals surface area (Å²) in [7, 11) is 0.